The lowest BCUT2D eigenvalue weighted by atomic mass is 10.1. The highest BCUT2D eigenvalue weighted by molar-refractivity contribution is 7.98. The zero-order chi connectivity index (χ0) is 13.7. The number of rotatable bonds is 4. The Morgan fingerprint density at radius 1 is 1.11 bits per heavy atom. The second-order valence-corrected chi connectivity index (χ2v) is 4.87. The molecule has 0 aliphatic rings. The zero-order valence-corrected chi connectivity index (χ0v) is 11.2. The number of nitriles is 1. The van der Waals surface area contributed by atoms with Crippen LogP contribution in [0.5, 0.6) is 0 Å². The number of halogens is 1. The molecule has 96 valence electrons. The lowest BCUT2D eigenvalue weighted by Gasteiger charge is -2.13. The Morgan fingerprint density at radius 2 is 1.74 bits per heavy atom. The van der Waals surface area contributed by atoms with Gasteiger partial charge in [-0.2, -0.15) is 5.26 Å². The van der Waals surface area contributed by atoms with Crippen molar-refractivity contribution in [2.75, 3.05) is 11.6 Å². The summed E-state index contributed by atoms with van der Waals surface area (Å²) >= 11 is 1.66. The van der Waals surface area contributed by atoms with Crippen LogP contribution < -0.4 is 5.32 Å². The highest BCUT2D eigenvalue weighted by Gasteiger charge is 2.10. The van der Waals surface area contributed by atoms with Crippen LogP contribution in [0.4, 0.5) is 10.1 Å². The molecular formula is C15H13FN2S. The molecule has 0 aliphatic carbocycles. The topological polar surface area (TPSA) is 35.8 Å². The maximum absolute atomic E-state index is 12.8. The molecule has 0 aromatic heterocycles. The Bertz CT molecular complexity index is 573. The summed E-state index contributed by atoms with van der Waals surface area (Å²) in [5.41, 5.74) is 1.62. The molecule has 0 saturated carbocycles. The molecule has 2 aromatic rings. The van der Waals surface area contributed by atoms with Crippen LogP contribution in [-0.2, 0) is 0 Å². The van der Waals surface area contributed by atoms with Crippen molar-refractivity contribution in [2.24, 2.45) is 0 Å². The average Bonchev–Trinajstić information content (AvgIpc) is 2.47. The van der Waals surface area contributed by atoms with Crippen LogP contribution in [0.2, 0.25) is 0 Å². The summed E-state index contributed by atoms with van der Waals surface area (Å²) in [6.45, 7) is 0. The van der Waals surface area contributed by atoms with Gasteiger partial charge in [0.1, 0.15) is 11.9 Å². The monoisotopic (exact) mass is 272 g/mol. The summed E-state index contributed by atoms with van der Waals surface area (Å²) in [5, 5.41) is 12.3. The van der Waals surface area contributed by atoms with Gasteiger partial charge in [0.2, 0.25) is 0 Å². The number of anilines is 1. The van der Waals surface area contributed by atoms with Crippen LogP contribution in [0.15, 0.2) is 53.4 Å². The number of nitrogens with one attached hydrogen (secondary N) is 1. The summed E-state index contributed by atoms with van der Waals surface area (Å²) in [7, 11) is 0. The molecule has 1 N–H and O–H groups in total. The maximum atomic E-state index is 12.8. The second-order valence-electron chi connectivity index (χ2n) is 3.99. The van der Waals surface area contributed by atoms with Crippen LogP contribution >= 0.6 is 11.8 Å². The molecule has 1 atom stereocenters. The Balaban J connectivity index is 2.15. The quantitative estimate of drug-likeness (QED) is 0.846. The number of benzene rings is 2. The molecule has 0 aliphatic heterocycles. The summed E-state index contributed by atoms with van der Waals surface area (Å²) in [6, 6.07) is 15.6. The second kappa shape index (κ2) is 6.26. The van der Waals surface area contributed by atoms with Crippen molar-refractivity contribution in [3.63, 3.8) is 0 Å². The highest BCUT2D eigenvalue weighted by atomic mass is 32.2. The van der Waals surface area contributed by atoms with Crippen molar-refractivity contribution in [3.8, 4) is 6.07 Å². The van der Waals surface area contributed by atoms with Gasteiger partial charge in [0.25, 0.3) is 0 Å². The Hall–Kier alpha value is -1.99. The van der Waals surface area contributed by atoms with E-state index in [1.54, 1.807) is 23.9 Å². The van der Waals surface area contributed by atoms with Crippen LogP contribution in [0.1, 0.15) is 11.6 Å². The SMILES string of the molecule is CSc1ccc(C(C#N)Nc2ccc(F)cc2)cc1. The smallest absolute Gasteiger partial charge is 0.140 e. The third-order valence-electron chi connectivity index (χ3n) is 2.73. The first-order valence-electron chi connectivity index (χ1n) is 5.78. The van der Waals surface area contributed by atoms with Gasteiger partial charge in [-0.15, -0.1) is 11.8 Å². The predicted octanol–water partition coefficient (Wildman–Crippen LogP) is 4.22. The van der Waals surface area contributed by atoms with Crippen molar-refractivity contribution >= 4 is 17.4 Å². The number of hydrogen-bond acceptors (Lipinski definition) is 3. The van der Waals surface area contributed by atoms with Gasteiger partial charge in [-0.05, 0) is 48.2 Å². The van der Waals surface area contributed by atoms with E-state index in [0.717, 1.165) is 16.1 Å². The molecule has 0 fully saturated rings. The average molecular weight is 272 g/mol. The van der Waals surface area contributed by atoms with Gasteiger partial charge in [0.15, 0.2) is 0 Å². The molecule has 0 heterocycles. The van der Waals surface area contributed by atoms with Crippen molar-refractivity contribution in [3.05, 3.63) is 59.9 Å². The minimum atomic E-state index is -0.443. The molecular weight excluding hydrogens is 259 g/mol. The van der Waals surface area contributed by atoms with Gasteiger partial charge in [-0.1, -0.05) is 12.1 Å². The maximum Gasteiger partial charge on any atom is 0.140 e. The normalized spacial score (nSPS) is 11.6. The van der Waals surface area contributed by atoms with Crippen LogP contribution in [0.25, 0.3) is 0 Å². The van der Waals surface area contributed by atoms with Gasteiger partial charge in [-0.3, -0.25) is 0 Å². The van der Waals surface area contributed by atoms with E-state index in [-0.39, 0.29) is 5.82 Å². The molecule has 0 spiro atoms. The number of nitrogens with zero attached hydrogens (tertiary/aromatic N) is 1. The van der Waals surface area contributed by atoms with Crippen LogP contribution in [-0.4, -0.2) is 6.26 Å². The van der Waals surface area contributed by atoms with E-state index >= 15 is 0 Å². The fourth-order valence-electron chi connectivity index (χ4n) is 1.70. The number of hydrogen-bond donors (Lipinski definition) is 1. The highest BCUT2D eigenvalue weighted by Crippen LogP contribution is 2.22. The van der Waals surface area contributed by atoms with Gasteiger partial charge < -0.3 is 5.32 Å². The Kier molecular flexibility index (Phi) is 4.43. The molecule has 1 unspecified atom stereocenters. The zero-order valence-electron chi connectivity index (χ0n) is 10.4. The summed E-state index contributed by atoms with van der Waals surface area (Å²) in [5.74, 6) is -0.289. The first-order valence-corrected chi connectivity index (χ1v) is 7.01. The first-order chi connectivity index (χ1) is 9.22. The van der Waals surface area contributed by atoms with Gasteiger partial charge in [-0.25, -0.2) is 4.39 Å². The third-order valence-corrected chi connectivity index (χ3v) is 3.48. The van der Waals surface area contributed by atoms with E-state index in [9.17, 15) is 9.65 Å². The van der Waals surface area contributed by atoms with Crippen LogP contribution in [0, 0.1) is 17.1 Å². The van der Waals surface area contributed by atoms with Crippen molar-refractivity contribution in [1.29, 1.82) is 5.26 Å². The van der Waals surface area contributed by atoms with Crippen molar-refractivity contribution in [2.45, 2.75) is 10.9 Å². The minimum Gasteiger partial charge on any atom is -0.366 e. The molecule has 0 amide bonds. The van der Waals surface area contributed by atoms with Gasteiger partial charge >= 0.3 is 0 Å². The fourth-order valence-corrected chi connectivity index (χ4v) is 2.11. The lowest BCUT2D eigenvalue weighted by molar-refractivity contribution is 0.628. The van der Waals surface area contributed by atoms with E-state index in [2.05, 4.69) is 11.4 Å². The molecule has 2 rings (SSSR count). The van der Waals surface area contributed by atoms with Gasteiger partial charge in [0.05, 0.1) is 6.07 Å². The van der Waals surface area contributed by atoms with E-state index in [1.165, 1.54) is 12.1 Å². The van der Waals surface area contributed by atoms with Gasteiger partial charge in [0, 0.05) is 10.6 Å². The summed E-state index contributed by atoms with van der Waals surface area (Å²) < 4.78 is 12.8. The lowest BCUT2D eigenvalue weighted by Crippen LogP contribution is -2.08. The standard InChI is InChI=1S/C15H13FN2S/c1-19-14-8-2-11(3-9-14)15(10-17)18-13-6-4-12(16)5-7-13/h2-9,15,18H,1H3. The Labute approximate surface area is 116 Å². The Morgan fingerprint density at radius 3 is 2.26 bits per heavy atom. The molecule has 0 radical (unpaired) electrons. The fraction of sp³-hybridized carbons (Fsp3) is 0.133. The van der Waals surface area contributed by atoms with E-state index in [0.29, 0.717) is 0 Å². The minimum absolute atomic E-state index is 0.289. The number of thioether (sulfide) groups is 1. The van der Waals surface area contributed by atoms with E-state index < -0.39 is 6.04 Å². The molecule has 2 aromatic carbocycles. The molecule has 4 heteroatoms. The van der Waals surface area contributed by atoms with Crippen molar-refractivity contribution < 1.29 is 4.39 Å². The molecule has 19 heavy (non-hydrogen) atoms. The summed E-state index contributed by atoms with van der Waals surface area (Å²) in [6.07, 6.45) is 2.01. The largest absolute Gasteiger partial charge is 0.366 e. The predicted molar refractivity (Wildman–Crippen MR) is 76.6 cm³/mol. The molecule has 0 saturated heterocycles. The van der Waals surface area contributed by atoms with Crippen molar-refractivity contribution in [1.82, 2.24) is 0 Å². The van der Waals surface area contributed by atoms with E-state index in [1.807, 2.05) is 30.5 Å². The molecule has 2 nitrogen and oxygen atoms in total. The van der Waals surface area contributed by atoms with E-state index in [4.69, 9.17) is 0 Å². The van der Waals surface area contributed by atoms with Crippen LogP contribution in [0.3, 0.4) is 0 Å². The third kappa shape index (κ3) is 3.49. The first kappa shape index (κ1) is 13.4. The molecule has 0 bridgehead atoms. The summed E-state index contributed by atoms with van der Waals surface area (Å²) in [4.78, 5) is 1.15.